The molecule has 0 amide bonds. The zero-order valence-electron chi connectivity index (χ0n) is 15.1. The fourth-order valence-corrected chi connectivity index (χ4v) is 4.19. The Kier molecular flexibility index (Phi) is 4.52. The van der Waals surface area contributed by atoms with E-state index >= 15 is 0 Å². The van der Waals surface area contributed by atoms with E-state index in [4.69, 9.17) is 4.42 Å². The second-order valence-electron chi connectivity index (χ2n) is 6.48. The molecule has 0 saturated carbocycles. The topological polar surface area (TPSA) is 81.3 Å². The van der Waals surface area contributed by atoms with E-state index in [1.165, 1.54) is 16.7 Å². The molecule has 0 fully saturated rings. The van der Waals surface area contributed by atoms with Crippen LogP contribution in [0.4, 0.5) is 5.69 Å². The average Bonchev–Trinajstić information content (AvgIpc) is 2.97. The Bertz CT molecular complexity index is 1310. The number of hydrogen-bond donors (Lipinski definition) is 1. The van der Waals surface area contributed by atoms with Gasteiger partial charge in [-0.05, 0) is 35.7 Å². The highest BCUT2D eigenvalue weighted by Gasteiger charge is 2.18. The highest BCUT2D eigenvalue weighted by atomic mass is 32.2. The first kappa shape index (κ1) is 18.1. The summed E-state index contributed by atoms with van der Waals surface area (Å²) in [5, 5.41) is 0. The number of nitrogens with one attached hydrogen (secondary N) is 1. The van der Waals surface area contributed by atoms with Gasteiger partial charge < -0.3 is 4.42 Å². The second-order valence-corrected chi connectivity index (χ2v) is 8.16. The number of aryl methyl sites for hydroxylation is 1. The first-order valence-electron chi connectivity index (χ1n) is 8.68. The van der Waals surface area contributed by atoms with Crippen LogP contribution in [0.1, 0.15) is 11.1 Å². The summed E-state index contributed by atoms with van der Waals surface area (Å²) >= 11 is 0. The summed E-state index contributed by atoms with van der Waals surface area (Å²) in [6, 6.07) is 21.5. The minimum atomic E-state index is -3.84. The quantitative estimate of drug-likeness (QED) is 0.562. The number of oxazole rings is 1. The molecule has 0 radical (unpaired) electrons. The molecule has 0 atom stereocenters. The number of fused-ring (bicyclic) bond motifs is 1. The van der Waals surface area contributed by atoms with Gasteiger partial charge in [-0.2, -0.15) is 0 Å². The van der Waals surface area contributed by atoms with E-state index in [1.54, 1.807) is 25.2 Å². The molecule has 28 heavy (non-hydrogen) atoms. The maximum absolute atomic E-state index is 12.9. The van der Waals surface area contributed by atoms with Crippen molar-refractivity contribution in [1.29, 1.82) is 0 Å². The smallest absolute Gasteiger partial charge is 0.408 e. The third-order valence-electron chi connectivity index (χ3n) is 4.57. The van der Waals surface area contributed by atoms with Crippen molar-refractivity contribution in [3.63, 3.8) is 0 Å². The Balaban J connectivity index is 1.68. The van der Waals surface area contributed by atoms with Crippen LogP contribution in [0.2, 0.25) is 0 Å². The van der Waals surface area contributed by atoms with Gasteiger partial charge in [0.2, 0.25) is 0 Å². The van der Waals surface area contributed by atoms with Crippen molar-refractivity contribution in [2.75, 3.05) is 4.72 Å². The third kappa shape index (κ3) is 3.44. The summed E-state index contributed by atoms with van der Waals surface area (Å²) < 4.78 is 34.9. The fraction of sp³-hybridized carbons (Fsp3) is 0.0952. The van der Waals surface area contributed by atoms with Gasteiger partial charge in [0.05, 0.1) is 16.1 Å². The average molecular weight is 394 g/mol. The molecule has 7 heteroatoms. The molecule has 0 saturated heterocycles. The lowest BCUT2D eigenvalue weighted by Gasteiger charge is -2.13. The predicted octanol–water partition coefficient (Wildman–Crippen LogP) is 3.52. The van der Waals surface area contributed by atoms with Crippen molar-refractivity contribution >= 4 is 26.8 Å². The molecule has 1 heterocycles. The van der Waals surface area contributed by atoms with Gasteiger partial charge in [-0.1, -0.05) is 48.5 Å². The van der Waals surface area contributed by atoms with Crippen molar-refractivity contribution in [1.82, 2.24) is 4.57 Å². The van der Waals surface area contributed by atoms with E-state index in [0.717, 1.165) is 11.1 Å². The van der Waals surface area contributed by atoms with Gasteiger partial charge in [0.1, 0.15) is 0 Å². The van der Waals surface area contributed by atoms with Crippen molar-refractivity contribution in [3.05, 3.63) is 94.5 Å². The summed E-state index contributed by atoms with van der Waals surface area (Å²) in [5.41, 5.74) is 3.23. The Morgan fingerprint density at radius 3 is 2.46 bits per heavy atom. The van der Waals surface area contributed by atoms with Crippen molar-refractivity contribution in [2.24, 2.45) is 7.05 Å². The van der Waals surface area contributed by atoms with E-state index in [2.05, 4.69) is 4.72 Å². The molecule has 0 unspecified atom stereocenters. The summed E-state index contributed by atoms with van der Waals surface area (Å²) in [7, 11) is -2.27. The number of nitrogens with zero attached hydrogens (tertiary/aromatic N) is 1. The number of benzene rings is 3. The number of sulfonamides is 1. The molecule has 0 aliphatic rings. The number of anilines is 1. The second kappa shape index (κ2) is 7.01. The molecule has 0 aliphatic carbocycles. The van der Waals surface area contributed by atoms with Gasteiger partial charge in [0.15, 0.2) is 5.58 Å². The van der Waals surface area contributed by atoms with Gasteiger partial charge >= 0.3 is 5.76 Å². The zero-order chi connectivity index (χ0) is 19.7. The van der Waals surface area contributed by atoms with E-state index < -0.39 is 15.8 Å². The normalized spacial score (nSPS) is 11.6. The SMILES string of the molecule is Cn1c(=O)oc2cc(S(=O)(=O)Nc3ccccc3Cc3ccccc3)ccc21. The van der Waals surface area contributed by atoms with E-state index in [1.807, 2.05) is 42.5 Å². The lowest BCUT2D eigenvalue weighted by molar-refractivity contribution is 0.527. The maximum Gasteiger partial charge on any atom is 0.419 e. The molecular weight excluding hydrogens is 376 g/mol. The van der Waals surface area contributed by atoms with Crippen LogP contribution in [-0.4, -0.2) is 13.0 Å². The Hall–Kier alpha value is -3.32. The van der Waals surface area contributed by atoms with Crippen molar-refractivity contribution in [2.45, 2.75) is 11.3 Å². The molecule has 0 aliphatic heterocycles. The fourth-order valence-electron chi connectivity index (χ4n) is 3.07. The van der Waals surface area contributed by atoms with Crippen molar-refractivity contribution < 1.29 is 12.8 Å². The van der Waals surface area contributed by atoms with Crippen LogP contribution in [0.15, 0.2) is 86.9 Å². The molecule has 0 spiro atoms. The van der Waals surface area contributed by atoms with E-state index in [0.29, 0.717) is 17.6 Å². The lowest BCUT2D eigenvalue weighted by Crippen LogP contribution is -2.14. The summed E-state index contributed by atoms with van der Waals surface area (Å²) in [6.45, 7) is 0. The number of rotatable bonds is 5. The summed E-state index contributed by atoms with van der Waals surface area (Å²) in [6.07, 6.45) is 0.603. The van der Waals surface area contributed by atoms with E-state index in [-0.39, 0.29) is 10.5 Å². The highest BCUT2D eigenvalue weighted by molar-refractivity contribution is 7.92. The number of aromatic nitrogens is 1. The van der Waals surface area contributed by atoms with Gasteiger partial charge in [-0.25, -0.2) is 13.2 Å². The minimum absolute atomic E-state index is 0.0314. The zero-order valence-corrected chi connectivity index (χ0v) is 15.9. The van der Waals surface area contributed by atoms with E-state index in [9.17, 15) is 13.2 Å². The van der Waals surface area contributed by atoms with Crippen molar-refractivity contribution in [3.8, 4) is 0 Å². The third-order valence-corrected chi connectivity index (χ3v) is 5.94. The van der Waals surface area contributed by atoms with Gasteiger partial charge in [0.25, 0.3) is 10.0 Å². The van der Waals surface area contributed by atoms with Crippen LogP contribution < -0.4 is 10.5 Å². The minimum Gasteiger partial charge on any atom is -0.408 e. The monoisotopic (exact) mass is 394 g/mol. The molecule has 142 valence electrons. The van der Waals surface area contributed by atoms with Crippen LogP contribution >= 0.6 is 0 Å². The van der Waals surface area contributed by atoms with Gasteiger partial charge in [-0.3, -0.25) is 9.29 Å². The molecule has 4 rings (SSSR count). The summed E-state index contributed by atoms with van der Waals surface area (Å²) in [5.74, 6) is -0.536. The molecule has 6 nitrogen and oxygen atoms in total. The molecule has 0 bridgehead atoms. The number of para-hydroxylation sites is 1. The number of hydrogen-bond acceptors (Lipinski definition) is 4. The Labute approximate surface area is 162 Å². The first-order valence-corrected chi connectivity index (χ1v) is 10.2. The van der Waals surface area contributed by atoms with Crippen LogP contribution in [0, 0.1) is 0 Å². The van der Waals surface area contributed by atoms with Gasteiger partial charge in [0, 0.05) is 13.1 Å². The van der Waals surface area contributed by atoms with Crippen LogP contribution in [0.3, 0.4) is 0 Å². The molecule has 4 aromatic rings. The van der Waals surface area contributed by atoms with Crippen LogP contribution in [0.5, 0.6) is 0 Å². The Morgan fingerprint density at radius 2 is 1.68 bits per heavy atom. The highest BCUT2D eigenvalue weighted by Crippen LogP contribution is 2.24. The van der Waals surface area contributed by atoms with Crippen LogP contribution in [-0.2, 0) is 23.5 Å². The standard InChI is InChI=1S/C21H18N2O4S/c1-23-19-12-11-17(14-20(19)27-21(23)24)28(25,26)22-18-10-6-5-9-16(18)13-15-7-3-2-4-8-15/h2-12,14,22H,13H2,1H3. The largest absolute Gasteiger partial charge is 0.419 e. The Morgan fingerprint density at radius 1 is 0.964 bits per heavy atom. The van der Waals surface area contributed by atoms with Crippen LogP contribution in [0.25, 0.3) is 11.1 Å². The predicted molar refractivity (Wildman–Crippen MR) is 108 cm³/mol. The molecule has 1 N–H and O–H groups in total. The molecule has 3 aromatic carbocycles. The molecular formula is C21H18N2O4S. The maximum atomic E-state index is 12.9. The summed E-state index contributed by atoms with van der Waals surface area (Å²) in [4.78, 5) is 11.7. The first-order chi connectivity index (χ1) is 13.4. The van der Waals surface area contributed by atoms with Gasteiger partial charge in [-0.15, -0.1) is 0 Å². The lowest BCUT2D eigenvalue weighted by atomic mass is 10.0. The molecule has 1 aromatic heterocycles.